The van der Waals surface area contributed by atoms with Gasteiger partial charge in [-0.1, -0.05) is 6.07 Å². The van der Waals surface area contributed by atoms with Crippen LogP contribution < -0.4 is 10.4 Å². The zero-order chi connectivity index (χ0) is 10.1. The number of ether oxygens (including phenoxy) is 1. The summed E-state index contributed by atoms with van der Waals surface area (Å²) >= 11 is 3.30. The van der Waals surface area contributed by atoms with Gasteiger partial charge in [-0.25, -0.2) is 4.79 Å². The van der Waals surface area contributed by atoms with E-state index in [9.17, 15) is 4.79 Å². The summed E-state index contributed by atoms with van der Waals surface area (Å²) in [5.41, 5.74) is 0.0725. The fourth-order valence-corrected chi connectivity index (χ4v) is 1.78. The first kappa shape index (κ1) is 9.27. The van der Waals surface area contributed by atoms with Crippen LogP contribution in [-0.2, 0) is 0 Å². The maximum Gasteiger partial charge on any atom is 0.337 e. The molecule has 3 nitrogen and oxygen atoms in total. The highest BCUT2D eigenvalue weighted by Crippen LogP contribution is 2.28. The summed E-state index contributed by atoms with van der Waals surface area (Å²) < 4.78 is 10.8. The summed E-state index contributed by atoms with van der Waals surface area (Å²) in [6.07, 6.45) is 0. The number of para-hydroxylation sites is 1. The Morgan fingerprint density at radius 3 is 2.93 bits per heavy atom. The van der Waals surface area contributed by atoms with Gasteiger partial charge in [0.15, 0.2) is 11.3 Å². The molecule has 2 rings (SSSR count). The SMILES string of the molecule is COc1cccc2c(Br)cc(=O)oc12. The lowest BCUT2D eigenvalue weighted by Gasteiger charge is -2.03. The predicted octanol–water partition coefficient (Wildman–Crippen LogP) is 2.56. The third-order valence-electron chi connectivity index (χ3n) is 1.90. The quantitative estimate of drug-likeness (QED) is 0.735. The van der Waals surface area contributed by atoms with Gasteiger partial charge >= 0.3 is 5.63 Å². The van der Waals surface area contributed by atoms with Crippen molar-refractivity contribution in [2.45, 2.75) is 0 Å². The zero-order valence-corrected chi connectivity index (χ0v) is 9.00. The van der Waals surface area contributed by atoms with Gasteiger partial charge in [-0.15, -0.1) is 0 Å². The molecule has 0 unspecified atom stereocenters. The van der Waals surface area contributed by atoms with Crippen LogP contribution in [0.4, 0.5) is 0 Å². The number of methoxy groups -OCH3 is 1. The standard InChI is InChI=1S/C10H7BrO3/c1-13-8-4-2-3-6-7(11)5-9(12)14-10(6)8/h2-5H,1H3. The van der Waals surface area contributed by atoms with Crippen LogP contribution in [0.1, 0.15) is 0 Å². The first-order valence-electron chi connectivity index (χ1n) is 3.99. The average molecular weight is 255 g/mol. The van der Waals surface area contributed by atoms with Crippen molar-refractivity contribution < 1.29 is 9.15 Å². The van der Waals surface area contributed by atoms with Crippen molar-refractivity contribution in [3.63, 3.8) is 0 Å². The first-order chi connectivity index (χ1) is 6.72. The lowest BCUT2D eigenvalue weighted by molar-refractivity contribution is 0.406. The largest absolute Gasteiger partial charge is 0.493 e. The summed E-state index contributed by atoms with van der Waals surface area (Å²) in [5.74, 6) is 0.556. The molecule has 0 atom stereocenters. The monoisotopic (exact) mass is 254 g/mol. The number of hydrogen-bond acceptors (Lipinski definition) is 3. The van der Waals surface area contributed by atoms with Crippen molar-refractivity contribution in [2.24, 2.45) is 0 Å². The topological polar surface area (TPSA) is 39.4 Å². The lowest BCUT2D eigenvalue weighted by atomic mass is 10.2. The Morgan fingerprint density at radius 1 is 1.43 bits per heavy atom. The molecule has 1 aromatic carbocycles. The molecular formula is C10H7BrO3. The second kappa shape index (κ2) is 3.46. The Bertz CT molecular complexity index is 530. The van der Waals surface area contributed by atoms with Gasteiger partial charge in [0.2, 0.25) is 0 Å². The van der Waals surface area contributed by atoms with E-state index in [1.54, 1.807) is 6.07 Å². The predicted molar refractivity (Wildman–Crippen MR) is 56.7 cm³/mol. The normalized spacial score (nSPS) is 10.4. The molecule has 0 saturated carbocycles. The summed E-state index contributed by atoms with van der Waals surface area (Å²) in [4.78, 5) is 11.1. The molecule has 0 spiro atoms. The highest BCUT2D eigenvalue weighted by atomic mass is 79.9. The number of rotatable bonds is 1. The van der Waals surface area contributed by atoms with Gasteiger partial charge in [-0.3, -0.25) is 0 Å². The molecule has 0 saturated heterocycles. The Balaban J connectivity index is 2.93. The van der Waals surface area contributed by atoms with Gasteiger partial charge in [0.25, 0.3) is 0 Å². The highest BCUT2D eigenvalue weighted by Gasteiger charge is 2.07. The minimum atomic E-state index is -0.395. The van der Waals surface area contributed by atoms with Crippen molar-refractivity contribution >= 4 is 26.9 Å². The second-order valence-electron chi connectivity index (χ2n) is 2.75. The Hall–Kier alpha value is -1.29. The van der Waals surface area contributed by atoms with E-state index in [4.69, 9.17) is 9.15 Å². The fourth-order valence-electron chi connectivity index (χ4n) is 1.28. The fraction of sp³-hybridized carbons (Fsp3) is 0.100. The second-order valence-corrected chi connectivity index (χ2v) is 3.60. The Morgan fingerprint density at radius 2 is 2.21 bits per heavy atom. The van der Waals surface area contributed by atoms with E-state index >= 15 is 0 Å². The molecule has 2 aromatic rings. The molecule has 0 fully saturated rings. The van der Waals surface area contributed by atoms with Crippen LogP contribution in [0.5, 0.6) is 5.75 Å². The Kier molecular flexibility index (Phi) is 2.29. The van der Waals surface area contributed by atoms with Crippen LogP contribution in [0.3, 0.4) is 0 Å². The van der Waals surface area contributed by atoms with Gasteiger partial charge in [-0.2, -0.15) is 0 Å². The molecular weight excluding hydrogens is 248 g/mol. The molecule has 0 aliphatic heterocycles. The molecule has 1 heterocycles. The van der Waals surface area contributed by atoms with E-state index < -0.39 is 5.63 Å². The van der Waals surface area contributed by atoms with Crippen molar-refractivity contribution in [1.29, 1.82) is 0 Å². The average Bonchev–Trinajstić information content (AvgIpc) is 2.17. The van der Waals surface area contributed by atoms with Gasteiger partial charge in [0.05, 0.1) is 7.11 Å². The van der Waals surface area contributed by atoms with Crippen molar-refractivity contribution in [3.8, 4) is 5.75 Å². The summed E-state index contributed by atoms with van der Waals surface area (Å²) in [7, 11) is 1.54. The number of benzene rings is 1. The van der Waals surface area contributed by atoms with E-state index in [1.807, 2.05) is 12.1 Å². The maximum atomic E-state index is 11.1. The van der Waals surface area contributed by atoms with E-state index in [0.717, 1.165) is 5.39 Å². The minimum absolute atomic E-state index is 0.395. The lowest BCUT2D eigenvalue weighted by Crippen LogP contribution is -1.97. The molecule has 1 aromatic heterocycles. The smallest absolute Gasteiger partial charge is 0.337 e. The molecule has 0 radical (unpaired) electrons. The zero-order valence-electron chi connectivity index (χ0n) is 7.41. The van der Waals surface area contributed by atoms with Crippen molar-refractivity contribution in [2.75, 3.05) is 7.11 Å². The van der Waals surface area contributed by atoms with Crippen LogP contribution in [0.25, 0.3) is 11.0 Å². The number of hydrogen-bond donors (Lipinski definition) is 0. The number of fused-ring (bicyclic) bond motifs is 1. The minimum Gasteiger partial charge on any atom is -0.493 e. The van der Waals surface area contributed by atoms with Gasteiger partial charge in [-0.05, 0) is 28.1 Å². The molecule has 72 valence electrons. The molecule has 14 heavy (non-hydrogen) atoms. The molecule has 0 aliphatic carbocycles. The van der Waals surface area contributed by atoms with Gasteiger partial charge < -0.3 is 9.15 Å². The van der Waals surface area contributed by atoms with E-state index in [-0.39, 0.29) is 0 Å². The highest BCUT2D eigenvalue weighted by molar-refractivity contribution is 9.10. The van der Waals surface area contributed by atoms with Crippen molar-refractivity contribution in [3.05, 3.63) is 39.2 Å². The third-order valence-corrected chi connectivity index (χ3v) is 2.56. The van der Waals surface area contributed by atoms with Crippen LogP contribution >= 0.6 is 15.9 Å². The van der Waals surface area contributed by atoms with E-state index in [1.165, 1.54) is 13.2 Å². The summed E-state index contributed by atoms with van der Waals surface area (Å²) in [5, 5.41) is 0.823. The van der Waals surface area contributed by atoms with Crippen LogP contribution in [0, 0.1) is 0 Å². The molecule has 0 aliphatic rings. The van der Waals surface area contributed by atoms with Gasteiger partial charge in [0, 0.05) is 15.9 Å². The Labute approximate surface area is 88.4 Å². The van der Waals surface area contributed by atoms with E-state index in [2.05, 4.69) is 15.9 Å². The molecule has 0 N–H and O–H groups in total. The van der Waals surface area contributed by atoms with Crippen LogP contribution in [0.15, 0.2) is 37.9 Å². The third kappa shape index (κ3) is 1.42. The molecule has 4 heteroatoms. The van der Waals surface area contributed by atoms with E-state index in [0.29, 0.717) is 15.8 Å². The van der Waals surface area contributed by atoms with Crippen LogP contribution in [-0.4, -0.2) is 7.11 Å². The summed E-state index contributed by atoms with van der Waals surface area (Å²) in [6.45, 7) is 0. The van der Waals surface area contributed by atoms with Crippen LogP contribution in [0.2, 0.25) is 0 Å². The first-order valence-corrected chi connectivity index (χ1v) is 4.78. The number of halogens is 1. The summed E-state index contributed by atoms with van der Waals surface area (Å²) in [6, 6.07) is 6.83. The molecule has 0 amide bonds. The van der Waals surface area contributed by atoms with Crippen molar-refractivity contribution in [1.82, 2.24) is 0 Å². The molecule has 0 bridgehead atoms. The van der Waals surface area contributed by atoms with Gasteiger partial charge in [0.1, 0.15) is 0 Å². The maximum absolute atomic E-state index is 11.1.